The van der Waals surface area contributed by atoms with Crippen LogP contribution in [0.1, 0.15) is 39.3 Å². The molecule has 1 aromatic rings. The fraction of sp³-hybridized carbons (Fsp3) is 0.667. The molecule has 1 rings (SSSR count). The van der Waals surface area contributed by atoms with Gasteiger partial charge in [-0.15, -0.1) is 0 Å². The third-order valence-corrected chi connectivity index (χ3v) is 2.31. The van der Waals surface area contributed by atoms with Crippen LogP contribution in [-0.2, 0) is 6.42 Å². The standard InChI is InChI=1S/C12H21N3O/c1-4-5-10-8-11(16)15-12(14-10)13-7-6-9(2)3/h8-9H,4-7H2,1-3H3,(H2,13,14,15,16). The highest BCUT2D eigenvalue weighted by Crippen LogP contribution is 2.02. The van der Waals surface area contributed by atoms with Crippen LogP contribution in [0.25, 0.3) is 0 Å². The number of aryl methyl sites for hydroxylation is 1. The highest BCUT2D eigenvalue weighted by atomic mass is 16.1. The monoisotopic (exact) mass is 223 g/mol. The maximum Gasteiger partial charge on any atom is 0.252 e. The molecular weight excluding hydrogens is 202 g/mol. The van der Waals surface area contributed by atoms with E-state index in [0.29, 0.717) is 11.9 Å². The Kier molecular flexibility index (Phi) is 5.02. The lowest BCUT2D eigenvalue weighted by Crippen LogP contribution is -2.15. The smallest absolute Gasteiger partial charge is 0.252 e. The second-order valence-electron chi connectivity index (χ2n) is 4.44. The number of aromatic nitrogens is 2. The Morgan fingerprint density at radius 2 is 2.25 bits per heavy atom. The number of hydrogen-bond donors (Lipinski definition) is 2. The first kappa shape index (κ1) is 12.7. The zero-order valence-corrected chi connectivity index (χ0v) is 10.3. The van der Waals surface area contributed by atoms with Gasteiger partial charge in [-0.2, -0.15) is 0 Å². The molecule has 0 aromatic carbocycles. The van der Waals surface area contributed by atoms with E-state index < -0.39 is 0 Å². The summed E-state index contributed by atoms with van der Waals surface area (Å²) in [6.45, 7) is 7.27. The predicted molar refractivity (Wildman–Crippen MR) is 66.8 cm³/mol. The van der Waals surface area contributed by atoms with E-state index in [9.17, 15) is 4.79 Å². The Bertz CT molecular complexity index is 371. The van der Waals surface area contributed by atoms with Crippen molar-refractivity contribution in [2.45, 2.75) is 40.0 Å². The normalized spacial score (nSPS) is 10.8. The van der Waals surface area contributed by atoms with Gasteiger partial charge in [0.15, 0.2) is 0 Å². The average molecular weight is 223 g/mol. The third-order valence-electron chi connectivity index (χ3n) is 2.31. The zero-order chi connectivity index (χ0) is 12.0. The van der Waals surface area contributed by atoms with Crippen LogP contribution in [0, 0.1) is 5.92 Å². The summed E-state index contributed by atoms with van der Waals surface area (Å²) in [5.74, 6) is 1.25. The fourth-order valence-corrected chi connectivity index (χ4v) is 1.46. The molecule has 2 N–H and O–H groups in total. The summed E-state index contributed by atoms with van der Waals surface area (Å²) in [6, 6.07) is 1.57. The van der Waals surface area contributed by atoms with E-state index in [1.54, 1.807) is 6.07 Å². The third kappa shape index (κ3) is 4.47. The van der Waals surface area contributed by atoms with Crippen molar-refractivity contribution in [3.63, 3.8) is 0 Å². The summed E-state index contributed by atoms with van der Waals surface area (Å²) in [4.78, 5) is 18.4. The van der Waals surface area contributed by atoms with Gasteiger partial charge < -0.3 is 5.32 Å². The van der Waals surface area contributed by atoms with Gasteiger partial charge in [-0.3, -0.25) is 9.78 Å². The summed E-state index contributed by atoms with van der Waals surface area (Å²) in [5.41, 5.74) is 0.781. The molecule has 0 spiro atoms. The lowest BCUT2D eigenvalue weighted by atomic mass is 10.1. The van der Waals surface area contributed by atoms with Crippen LogP contribution in [0.4, 0.5) is 5.95 Å². The highest BCUT2D eigenvalue weighted by Gasteiger charge is 2.00. The molecule has 0 bridgehead atoms. The summed E-state index contributed by atoms with van der Waals surface area (Å²) in [6.07, 6.45) is 2.92. The summed E-state index contributed by atoms with van der Waals surface area (Å²) in [7, 11) is 0. The second kappa shape index (κ2) is 6.30. The molecule has 0 aliphatic rings. The van der Waals surface area contributed by atoms with E-state index in [1.165, 1.54) is 0 Å². The Labute approximate surface area is 96.5 Å². The largest absolute Gasteiger partial charge is 0.356 e. The molecule has 0 atom stereocenters. The fourth-order valence-electron chi connectivity index (χ4n) is 1.46. The molecule has 0 saturated heterocycles. The highest BCUT2D eigenvalue weighted by molar-refractivity contribution is 5.24. The van der Waals surface area contributed by atoms with Gasteiger partial charge in [0.1, 0.15) is 0 Å². The van der Waals surface area contributed by atoms with Crippen molar-refractivity contribution in [3.8, 4) is 0 Å². The summed E-state index contributed by atoms with van der Waals surface area (Å²) < 4.78 is 0. The van der Waals surface area contributed by atoms with Crippen LogP contribution in [-0.4, -0.2) is 16.5 Å². The van der Waals surface area contributed by atoms with Crippen molar-refractivity contribution in [1.82, 2.24) is 9.97 Å². The van der Waals surface area contributed by atoms with Gasteiger partial charge in [0.2, 0.25) is 5.95 Å². The number of H-pyrrole nitrogens is 1. The molecular formula is C12H21N3O. The molecule has 0 aliphatic carbocycles. The van der Waals surface area contributed by atoms with Crippen molar-refractivity contribution >= 4 is 5.95 Å². The maximum absolute atomic E-state index is 11.3. The number of nitrogens with one attached hydrogen (secondary N) is 2. The van der Waals surface area contributed by atoms with Gasteiger partial charge in [-0.05, 0) is 18.8 Å². The van der Waals surface area contributed by atoms with Crippen LogP contribution in [0.15, 0.2) is 10.9 Å². The molecule has 0 radical (unpaired) electrons. The molecule has 4 nitrogen and oxygen atoms in total. The Morgan fingerprint density at radius 3 is 2.88 bits per heavy atom. The minimum absolute atomic E-state index is 0.0782. The lowest BCUT2D eigenvalue weighted by molar-refractivity contribution is 0.605. The van der Waals surface area contributed by atoms with Crippen LogP contribution >= 0.6 is 0 Å². The van der Waals surface area contributed by atoms with Gasteiger partial charge in [0.05, 0.1) is 0 Å². The van der Waals surface area contributed by atoms with Crippen molar-refractivity contribution in [1.29, 1.82) is 0 Å². The quantitative estimate of drug-likeness (QED) is 0.777. The lowest BCUT2D eigenvalue weighted by Gasteiger charge is -2.08. The summed E-state index contributed by atoms with van der Waals surface area (Å²) in [5, 5.41) is 3.15. The number of aromatic amines is 1. The maximum atomic E-state index is 11.3. The minimum Gasteiger partial charge on any atom is -0.356 e. The molecule has 0 fully saturated rings. The Balaban J connectivity index is 2.61. The number of nitrogens with zero attached hydrogens (tertiary/aromatic N) is 1. The Morgan fingerprint density at radius 1 is 1.50 bits per heavy atom. The van der Waals surface area contributed by atoms with E-state index in [4.69, 9.17) is 0 Å². The number of rotatable bonds is 6. The van der Waals surface area contributed by atoms with Gasteiger partial charge in [-0.25, -0.2) is 4.98 Å². The predicted octanol–water partition coefficient (Wildman–Crippen LogP) is 2.18. The van der Waals surface area contributed by atoms with Crippen LogP contribution in [0.3, 0.4) is 0 Å². The van der Waals surface area contributed by atoms with Crippen molar-refractivity contribution in [2.24, 2.45) is 5.92 Å². The van der Waals surface area contributed by atoms with E-state index in [2.05, 4.69) is 36.1 Å². The summed E-state index contributed by atoms with van der Waals surface area (Å²) >= 11 is 0. The molecule has 0 aliphatic heterocycles. The topological polar surface area (TPSA) is 57.8 Å². The van der Waals surface area contributed by atoms with E-state index >= 15 is 0 Å². The van der Waals surface area contributed by atoms with Gasteiger partial charge in [-0.1, -0.05) is 27.2 Å². The van der Waals surface area contributed by atoms with Crippen LogP contribution < -0.4 is 10.9 Å². The molecule has 90 valence electrons. The SMILES string of the molecule is CCCc1cc(=O)[nH]c(NCCC(C)C)n1. The molecule has 16 heavy (non-hydrogen) atoms. The molecule has 4 heteroatoms. The van der Waals surface area contributed by atoms with Gasteiger partial charge in [0, 0.05) is 18.3 Å². The first-order valence-electron chi connectivity index (χ1n) is 5.96. The number of anilines is 1. The van der Waals surface area contributed by atoms with E-state index in [0.717, 1.165) is 31.5 Å². The van der Waals surface area contributed by atoms with Crippen molar-refractivity contribution in [2.75, 3.05) is 11.9 Å². The minimum atomic E-state index is -0.0782. The van der Waals surface area contributed by atoms with Crippen molar-refractivity contribution < 1.29 is 0 Å². The first-order valence-corrected chi connectivity index (χ1v) is 5.96. The van der Waals surface area contributed by atoms with Gasteiger partial charge >= 0.3 is 0 Å². The van der Waals surface area contributed by atoms with Crippen molar-refractivity contribution in [3.05, 3.63) is 22.1 Å². The molecule has 1 heterocycles. The van der Waals surface area contributed by atoms with E-state index in [1.807, 2.05) is 0 Å². The average Bonchev–Trinajstić information content (AvgIpc) is 2.16. The van der Waals surface area contributed by atoms with Crippen LogP contribution in [0.2, 0.25) is 0 Å². The molecule has 1 aromatic heterocycles. The molecule has 0 unspecified atom stereocenters. The first-order chi connectivity index (χ1) is 7.61. The number of hydrogen-bond acceptors (Lipinski definition) is 3. The molecule has 0 amide bonds. The molecule has 0 saturated carbocycles. The Hall–Kier alpha value is -1.32. The van der Waals surface area contributed by atoms with Crippen LogP contribution in [0.5, 0.6) is 0 Å². The van der Waals surface area contributed by atoms with Gasteiger partial charge in [0.25, 0.3) is 5.56 Å². The van der Waals surface area contributed by atoms with E-state index in [-0.39, 0.29) is 5.56 Å². The second-order valence-corrected chi connectivity index (χ2v) is 4.44. The zero-order valence-electron chi connectivity index (χ0n) is 10.3.